The summed E-state index contributed by atoms with van der Waals surface area (Å²) >= 11 is 1.59. The quantitative estimate of drug-likeness (QED) is 0.0670. The Morgan fingerprint density at radius 2 is 1.60 bits per heavy atom. The van der Waals surface area contributed by atoms with Crippen molar-refractivity contribution in [2.24, 2.45) is 7.05 Å². The van der Waals surface area contributed by atoms with Gasteiger partial charge in [-0.15, -0.1) is 10.2 Å². The van der Waals surface area contributed by atoms with Crippen molar-refractivity contribution in [3.8, 4) is 0 Å². The molecule has 0 aliphatic carbocycles. The van der Waals surface area contributed by atoms with Gasteiger partial charge in [0.1, 0.15) is 6.33 Å². The van der Waals surface area contributed by atoms with Crippen LogP contribution in [0.25, 0.3) is 0 Å². The number of aliphatic hydroxyl groups excluding tert-OH is 1. The number of nitrogens with zero attached hydrogens (tertiary/aromatic N) is 3. The summed E-state index contributed by atoms with van der Waals surface area (Å²) in [5, 5.41) is 24.2. The van der Waals surface area contributed by atoms with Gasteiger partial charge in [0, 0.05) is 43.3 Å². The largest absolute Gasteiger partial charge is 0.397 e. The maximum absolute atomic E-state index is 12.6. The number of thioether (sulfide) groups is 1. The monoisotopic (exact) mass is 658 g/mol. The number of hydrogen-bond acceptors (Lipinski definition) is 9. The molecule has 1 aliphatic rings. The molecule has 0 radical (unpaired) electrons. The average molecular weight is 659 g/mol. The first-order valence-corrected chi connectivity index (χ1v) is 16.9. The van der Waals surface area contributed by atoms with E-state index in [4.69, 9.17) is 15.2 Å². The number of aryl methyl sites for hydroxylation is 1. The lowest BCUT2D eigenvalue weighted by Crippen LogP contribution is -2.31. The van der Waals surface area contributed by atoms with Crippen LogP contribution in [-0.2, 0) is 32.7 Å². The van der Waals surface area contributed by atoms with Crippen LogP contribution in [0.3, 0.4) is 0 Å². The predicted molar refractivity (Wildman–Crippen MR) is 182 cm³/mol. The van der Waals surface area contributed by atoms with Crippen LogP contribution in [-0.4, -0.2) is 43.5 Å². The highest BCUT2D eigenvalue weighted by atomic mass is 32.2. The number of nitrogens with one attached hydrogen (secondary N) is 2. The molecule has 3 aromatic carbocycles. The minimum absolute atomic E-state index is 0.0103. The molecule has 11 nitrogen and oxygen atoms in total. The number of amides is 2. The Kier molecular flexibility index (Phi) is 12.4. The number of unbranched alkanes of at least 4 members (excludes halogenated alkanes) is 3. The maximum Gasteiger partial charge on any atom is 0.224 e. The van der Waals surface area contributed by atoms with Crippen LogP contribution >= 0.6 is 11.8 Å². The highest BCUT2D eigenvalue weighted by molar-refractivity contribution is 7.99. The van der Waals surface area contributed by atoms with Crippen LogP contribution < -0.4 is 16.4 Å². The van der Waals surface area contributed by atoms with Crippen LogP contribution in [0.15, 0.2) is 84.3 Å². The first kappa shape index (κ1) is 34.1. The smallest absolute Gasteiger partial charge is 0.224 e. The van der Waals surface area contributed by atoms with E-state index in [1.807, 2.05) is 72.3 Å². The van der Waals surface area contributed by atoms with Gasteiger partial charge in [0.2, 0.25) is 11.8 Å². The van der Waals surface area contributed by atoms with E-state index >= 15 is 0 Å². The number of aromatic nitrogens is 3. The molecule has 0 bridgehead atoms. The molecule has 248 valence electrons. The fourth-order valence-corrected chi connectivity index (χ4v) is 6.19. The van der Waals surface area contributed by atoms with Crippen LogP contribution in [0.1, 0.15) is 74.0 Å². The van der Waals surface area contributed by atoms with E-state index in [9.17, 15) is 14.7 Å². The molecule has 0 unspecified atom stereocenters. The van der Waals surface area contributed by atoms with E-state index in [0.717, 1.165) is 47.5 Å². The van der Waals surface area contributed by atoms with Gasteiger partial charge >= 0.3 is 0 Å². The fourth-order valence-electron chi connectivity index (χ4n) is 5.29. The Bertz CT molecular complexity index is 1600. The molecule has 2 heterocycles. The zero-order chi connectivity index (χ0) is 33.0. The zero-order valence-corrected chi connectivity index (χ0v) is 27.3. The summed E-state index contributed by atoms with van der Waals surface area (Å²) in [7, 11) is 1.91. The number of anilines is 3. The van der Waals surface area contributed by atoms with Gasteiger partial charge in [-0.3, -0.25) is 9.59 Å². The molecule has 0 spiro atoms. The van der Waals surface area contributed by atoms with Crippen LogP contribution in [0.4, 0.5) is 17.1 Å². The number of ether oxygens (including phenoxy) is 2. The number of nitrogen functional groups attached to an aromatic ring is 1. The number of carbonyl (C=O) groups is 2. The van der Waals surface area contributed by atoms with E-state index < -0.39 is 6.29 Å². The number of carbonyl (C=O) groups excluding carboxylic acids is 2. The lowest BCUT2D eigenvalue weighted by Gasteiger charge is -2.36. The Balaban J connectivity index is 1.08. The minimum Gasteiger partial charge on any atom is -0.397 e. The van der Waals surface area contributed by atoms with E-state index in [0.29, 0.717) is 42.1 Å². The summed E-state index contributed by atoms with van der Waals surface area (Å²) in [5.74, 6) is 0.575. The summed E-state index contributed by atoms with van der Waals surface area (Å²) < 4.78 is 14.7. The number of rotatable bonds is 15. The standard InChI is InChI=1S/C35H42N6O5S/c1-41-23-37-40-35(41)47-22-28-20-31(25-14-12-24(21-42)13-15-25)46-34(45-28)26-16-18-27(19-17-26)38-32(43)10-4-2-3-5-11-33(44)39-30-9-7-6-8-29(30)36/h6-9,12-19,23,28,31,34,42H,2-5,10-11,20-22,36H2,1H3,(H,38,43)(H,39,44)/t28-,31+,34+/m0/s1. The maximum atomic E-state index is 12.6. The molecule has 12 heteroatoms. The second-order valence-corrected chi connectivity index (χ2v) is 12.6. The summed E-state index contributed by atoms with van der Waals surface area (Å²) in [4.78, 5) is 24.8. The van der Waals surface area contributed by atoms with Gasteiger partial charge in [-0.05, 0) is 48.2 Å². The molecule has 1 fully saturated rings. The van der Waals surface area contributed by atoms with Crippen molar-refractivity contribution in [1.29, 1.82) is 0 Å². The Hall–Kier alpha value is -4.23. The number of nitrogens with two attached hydrogens (primary N) is 1. The van der Waals surface area contributed by atoms with Crippen molar-refractivity contribution in [3.05, 3.63) is 95.8 Å². The molecule has 1 aliphatic heterocycles. The van der Waals surface area contributed by atoms with Crippen molar-refractivity contribution in [2.75, 3.05) is 22.1 Å². The number of benzene rings is 3. The molecule has 47 heavy (non-hydrogen) atoms. The third-order valence-electron chi connectivity index (χ3n) is 7.94. The van der Waals surface area contributed by atoms with Crippen molar-refractivity contribution in [3.63, 3.8) is 0 Å². The lowest BCUT2D eigenvalue weighted by molar-refractivity contribution is -0.245. The predicted octanol–water partition coefficient (Wildman–Crippen LogP) is 6.15. The summed E-state index contributed by atoms with van der Waals surface area (Å²) in [5.41, 5.74) is 10.5. The SMILES string of the molecule is Cn1cnnc1SC[C@@H]1C[C@H](c2ccc(CO)cc2)O[C@H](c2ccc(NC(=O)CCCCCCC(=O)Nc3ccccc3N)cc2)O1. The number of aliphatic hydroxyl groups is 1. The average Bonchev–Trinajstić information content (AvgIpc) is 3.51. The van der Waals surface area contributed by atoms with Gasteiger partial charge in [-0.1, -0.05) is 73.1 Å². The van der Waals surface area contributed by atoms with Gasteiger partial charge in [0.05, 0.1) is 30.2 Å². The highest BCUT2D eigenvalue weighted by Crippen LogP contribution is 2.39. The van der Waals surface area contributed by atoms with Crippen LogP contribution in [0.2, 0.25) is 0 Å². The molecule has 1 aromatic heterocycles. The molecular weight excluding hydrogens is 616 g/mol. The first-order chi connectivity index (χ1) is 22.9. The van der Waals surface area contributed by atoms with Gasteiger partial charge < -0.3 is 35.5 Å². The second-order valence-electron chi connectivity index (χ2n) is 11.6. The first-order valence-electron chi connectivity index (χ1n) is 15.9. The molecule has 4 aromatic rings. The molecule has 5 rings (SSSR count). The van der Waals surface area contributed by atoms with Gasteiger partial charge in [0.25, 0.3) is 0 Å². The van der Waals surface area contributed by atoms with Crippen molar-refractivity contribution < 1.29 is 24.2 Å². The summed E-state index contributed by atoms with van der Waals surface area (Å²) in [6.45, 7) is -0.0103. The normalized spacial score (nSPS) is 17.7. The van der Waals surface area contributed by atoms with Gasteiger partial charge in [-0.25, -0.2) is 0 Å². The fraction of sp³-hybridized carbons (Fsp3) is 0.371. The third kappa shape index (κ3) is 10.1. The minimum atomic E-state index is -0.590. The molecule has 1 saturated heterocycles. The lowest BCUT2D eigenvalue weighted by atomic mass is 10.0. The Morgan fingerprint density at radius 1 is 0.915 bits per heavy atom. The van der Waals surface area contributed by atoms with Gasteiger partial charge in [-0.2, -0.15) is 0 Å². The van der Waals surface area contributed by atoms with E-state index in [1.54, 1.807) is 30.2 Å². The third-order valence-corrected chi connectivity index (χ3v) is 9.11. The molecule has 0 saturated carbocycles. The number of hydrogen-bond donors (Lipinski definition) is 4. The Morgan fingerprint density at radius 3 is 2.26 bits per heavy atom. The summed E-state index contributed by atoms with van der Waals surface area (Å²) in [6, 6.07) is 22.6. The molecular formula is C35H42N6O5S. The molecule has 3 atom stereocenters. The second kappa shape index (κ2) is 17.1. The number of para-hydroxylation sites is 2. The van der Waals surface area contributed by atoms with Crippen molar-refractivity contribution in [1.82, 2.24) is 14.8 Å². The van der Waals surface area contributed by atoms with E-state index in [-0.39, 0.29) is 30.6 Å². The Labute approximate surface area is 279 Å². The van der Waals surface area contributed by atoms with Crippen molar-refractivity contribution in [2.45, 2.75) is 75.2 Å². The van der Waals surface area contributed by atoms with Gasteiger partial charge in [0.15, 0.2) is 11.4 Å². The zero-order valence-electron chi connectivity index (χ0n) is 26.5. The summed E-state index contributed by atoms with van der Waals surface area (Å²) in [6.07, 6.45) is 5.51. The van der Waals surface area contributed by atoms with Crippen LogP contribution in [0, 0.1) is 0 Å². The molecule has 5 N–H and O–H groups in total. The van der Waals surface area contributed by atoms with Crippen LogP contribution in [0.5, 0.6) is 0 Å². The topological polar surface area (TPSA) is 154 Å². The van der Waals surface area contributed by atoms with Crippen molar-refractivity contribution >= 4 is 40.6 Å². The highest BCUT2D eigenvalue weighted by Gasteiger charge is 2.32. The molecule has 2 amide bonds. The van der Waals surface area contributed by atoms with E-state index in [1.165, 1.54) is 0 Å². The van der Waals surface area contributed by atoms with E-state index in [2.05, 4.69) is 20.8 Å².